The van der Waals surface area contributed by atoms with Crippen LogP contribution in [0.3, 0.4) is 0 Å². The first kappa shape index (κ1) is 11.4. The van der Waals surface area contributed by atoms with Crippen molar-refractivity contribution in [1.82, 2.24) is 5.32 Å². The second-order valence-corrected chi connectivity index (χ2v) is 2.78. The molecule has 0 aromatic rings. The van der Waals surface area contributed by atoms with Gasteiger partial charge in [0.2, 0.25) is 0 Å². The van der Waals surface area contributed by atoms with Crippen LogP contribution in [-0.4, -0.2) is 31.2 Å². The van der Waals surface area contributed by atoms with Gasteiger partial charge in [0.05, 0.1) is 6.61 Å². The zero-order valence-corrected chi connectivity index (χ0v) is 7.96. The van der Waals surface area contributed by atoms with E-state index in [-0.39, 0.29) is 18.1 Å². The molecule has 0 aliphatic rings. The molecule has 0 aromatic heterocycles. The highest BCUT2D eigenvalue weighted by atomic mass is 16.5. The van der Waals surface area contributed by atoms with Gasteiger partial charge in [-0.1, -0.05) is 0 Å². The minimum absolute atomic E-state index is 0.143. The van der Waals surface area contributed by atoms with Crippen LogP contribution in [0.15, 0.2) is 0 Å². The number of esters is 1. The van der Waals surface area contributed by atoms with Crippen LogP contribution < -0.4 is 11.1 Å². The van der Waals surface area contributed by atoms with Gasteiger partial charge in [0.1, 0.15) is 6.04 Å². The van der Waals surface area contributed by atoms with E-state index >= 15 is 0 Å². The summed E-state index contributed by atoms with van der Waals surface area (Å²) in [6.45, 7) is 6.42. The third-order valence-corrected chi connectivity index (χ3v) is 1.53. The molecule has 0 heterocycles. The Bertz CT molecular complexity index is 139. The van der Waals surface area contributed by atoms with E-state index in [1.165, 1.54) is 0 Å². The monoisotopic (exact) mass is 174 g/mol. The summed E-state index contributed by atoms with van der Waals surface area (Å²) >= 11 is 0. The molecule has 0 aliphatic heterocycles. The third-order valence-electron chi connectivity index (χ3n) is 1.53. The predicted molar refractivity (Wildman–Crippen MR) is 47.7 cm³/mol. The number of carbonyl (C=O) groups excluding carboxylic acids is 1. The number of nitrogens with two attached hydrogens (primary N) is 1. The number of nitrogens with one attached hydrogen (secondary N) is 1. The Morgan fingerprint density at radius 1 is 1.58 bits per heavy atom. The Labute approximate surface area is 73.5 Å². The molecule has 0 amide bonds. The molecule has 2 unspecified atom stereocenters. The van der Waals surface area contributed by atoms with Gasteiger partial charge in [0, 0.05) is 12.6 Å². The first-order chi connectivity index (χ1) is 5.61. The van der Waals surface area contributed by atoms with E-state index in [1.54, 1.807) is 13.8 Å². The highest BCUT2D eigenvalue weighted by Gasteiger charge is 2.14. The molecule has 4 nitrogen and oxygen atoms in total. The number of rotatable bonds is 5. The molecular formula is C8H18N2O2. The Hall–Kier alpha value is -0.610. The molecule has 0 spiro atoms. The lowest BCUT2D eigenvalue weighted by Crippen LogP contribution is -2.44. The molecule has 4 heteroatoms. The number of carbonyl (C=O) groups is 1. The highest BCUT2D eigenvalue weighted by molar-refractivity contribution is 5.75. The zero-order valence-electron chi connectivity index (χ0n) is 7.96. The van der Waals surface area contributed by atoms with Crippen molar-refractivity contribution in [3.63, 3.8) is 0 Å². The maximum absolute atomic E-state index is 11.1. The number of hydrogen-bond acceptors (Lipinski definition) is 4. The van der Waals surface area contributed by atoms with Gasteiger partial charge >= 0.3 is 5.97 Å². The Morgan fingerprint density at radius 2 is 2.17 bits per heavy atom. The van der Waals surface area contributed by atoms with Gasteiger partial charge in [-0.15, -0.1) is 0 Å². The smallest absolute Gasteiger partial charge is 0.322 e. The van der Waals surface area contributed by atoms with E-state index in [4.69, 9.17) is 10.5 Å². The summed E-state index contributed by atoms with van der Waals surface area (Å²) in [5.74, 6) is -0.224. The van der Waals surface area contributed by atoms with Crippen LogP contribution in [0.25, 0.3) is 0 Å². The van der Waals surface area contributed by atoms with Crippen molar-refractivity contribution in [3.05, 3.63) is 0 Å². The largest absolute Gasteiger partial charge is 0.465 e. The second-order valence-electron chi connectivity index (χ2n) is 2.78. The topological polar surface area (TPSA) is 64.3 Å². The lowest BCUT2D eigenvalue weighted by Gasteiger charge is -2.16. The Balaban J connectivity index is 3.70. The van der Waals surface area contributed by atoms with Gasteiger partial charge in [-0.3, -0.25) is 4.79 Å². The van der Waals surface area contributed by atoms with Gasteiger partial charge in [-0.25, -0.2) is 0 Å². The summed E-state index contributed by atoms with van der Waals surface area (Å²) in [7, 11) is 0. The first-order valence-electron chi connectivity index (χ1n) is 4.24. The molecule has 72 valence electrons. The fourth-order valence-corrected chi connectivity index (χ4v) is 0.830. The van der Waals surface area contributed by atoms with Crippen LogP contribution in [0.4, 0.5) is 0 Å². The molecule has 0 rings (SSSR count). The molecular weight excluding hydrogens is 156 g/mol. The number of ether oxygens (including phenoxy) is 1. The molecule has 0 saturated heterocycles. The van der Waals surface area contributed by atoms with Crippen molar-refractivity contribution < 1.29 is 9.53 Å². The molecule has 3 N–H and O–H groups in total. The molecule has 0 saturated carbocycles. The maximum Gasteiger partial charge on any atom is 0.322 e. The van der Waals surface area contributed by atoms with Crippen molar-refractivity contribution in [2.45, 2.75) is 32.9 Å². The van der Waals surface area contributed by atoms with Crippen molar-refractivity contribution >= 4 is 5.97 Å². The number of hydrogen-bond donors (Lipinski definition) is 2. The minimum atomic E-state index is -0.275. The van der Waals surface area contributed by atoms with Crippen LogP contribution >= 0.6 is 0 Å². The van der Waals surface area contributed by atoms with Crippen LogP contribution in [0, 0.1) is 0 Å². The maximum atomic E-state index is 11.1. The van der Waals surface area contributed by atoms with Gasteiger partial charge in [0.15, 0.2) is 0 Å². The summed E-state index contributed by atoms with van der Waals surface area (Å²) in [5, 5.41) is 3.01. The lowest BCUT2D eigenvalue weighted by atomic mass is 10.2. The average Bonchev–Trinajstić information content (AvgIpc) is 2.04. The Kier molecular flexibility index (Phi) is 5.66. The van der Waals surface area contributed by atoms with E-state index in [0.717, 1.165) is 0 Å². The minimum Gasteiger partial charge on any atom is -0.465 e. The van der Waals surface area contributed by atoms with Crippen molar-refractivity contribution in [1.29, 1.82) is 0 Å². The van der Waals surface area contributed by atoms with E-state index < -0.39 is 0 Å². The van der Waals surface area contributed by atoms with Gasteiger partial charge in [-0.2, -0.15) is 0 Å². The van der Waals surface area contributed by atoms with Gasteiger partial charge in [0.25, 0.3) is 0 Å². The lowest BCUT2D eigenvalue weighted by molar-refractivity contribution is -0.145. The molecule has 12 heavy (non-hydrogen) atoms. The zero-order chi connectivity index (χ0) is 9.56. The molecule has 2 atom stereocenters. The normalized spacial score (nSPS) is 15.3. The van der Waals surface area contributed by atoms with Crippen molar-refractivity contribution in [2.24, 2.45) is 5.73 Å². The summed E-state index contributed by atoms with van der Waals surface area (Å²) in [4.78, 5) is 11.1. The van der Waals surface area contributed by atoms with Crippen LogP contribution in [0.2, 0.25) is 0 Å². The Morgan fingerprint density at radius 3 is 2.58 bits per heavy atom. The second kappa shape index (κ2) is 5.97. The standard InChI is InChI=1S/C8H18N2O2/c1-4-12-8(11)7(3)10-6(2)5-9/h6-7,10H,4-5,9H2,1-3H3. The van der Waals surface area contributed by atoms with E-state index in [9.17, 15) is 4.79 Å². The van der Waals surface area contributed by atoms with Gasteiger partial charge < -0.3 is 15.8 Å². The molecule has 0 radical (unpaired) electrons. The van der Waals surface area contributed by atoms with E-state index in [1.807, 2.05) is 6.92 Å². The summed E-state index contributed by atoms with van der Waals surface area (Å²) in [6, 6.07) is -0.132. The van der Waals surface area contributed by atoms with Crippen LogP contribution in [-0.2, 0) is 9.53 Å². The van der Waals surface area contributed by atoms with Crippen LogP contribution in [0.1, 0.15) is 20.8 Å². The molecule has 0 aliphatic carbocycles. The van der Waals surface area contributed by atoms with Gasteiger partial charge in [-0.05, 0) is 20.8 Å². The molecule has 0 bridgehead atoms. The quantitative estimate of drug-likeness (QED) is 0.570. The first-order valence-corrected chi connectivity index (χ1v) is 4.24. The summed E-state index contributed by atoms with van der Waals surface area (Å²) < 4.78 is 4.81. The fourth-order valence-electron chi connectivity index (χ4n) is 0.830. The summed E-state index contributed by atoms with van der Waals surface area (Å²) in [5.41, 5.74) is 5.38. The summed E-state index contributed by atoms with van der Waals surface area (Å²) in [6.07, 6.45) is 0. The average molecular weight is 174 g/mol. The van der Waals surface area contributed by atoms with Crippen molar-refractivity contribution in [2.75, 3.05) is 13.2 Å². The predicted octanol–water partition coefficient (Wildman–Crippen LogP) is -0.125. The van der Waals surface area contributed by atoms with Crippen LogP contribution in [0.5, 0.6) is 0 Å². The molecule has 0 fully saturated rings. The third kappa shape index (κ3) is 4.31. The molecule has 0 aromatic carbocycles. The highest BCUT2D eigenvalue weighted by Crippen LogP contribution is 1.89. The SMILES string of the molecule is CCOC(=O)C(C)NC(C)CN. The van der Waals surface area contributed by atoms with Crippen molar-refractivity contribution in [3.8, 4) is 0 Å². The van der Waals surface area contributed by atoms with E-state index in [0.29, 0.717) is 13.2 Å². The van der Waals surface area contributed by atoms with E-state index in [2.05, 4.69) is 5.32 Å². The fraction of sp³-hybridized carbons (Fsp3) is 0.875.